The van der Waals surface area contributed by atoms with Crippen molar-refractivity contribution in [2.45, 2.75) is 76.9 Å². The van der Waals surface area contributed by atoms with Crippen LogP contribution in [0.1, 0.15) is 58.8 Å². The lowest BCUT2D eigenvalue weighted by molar-refractivity contribution is -0.139. The van der Waals surface area contributed by atoms with Crippen molar-refractivity contribution in [1.29, 1.82) is 0 Å². The van der Waals surface area contributed by atoms with Crippen LogP contribution >= 0.6 is 0 Å². The molecule has 0 bridgehead atoms. The van der Waals surface area contributed by atoms with E-state index in [0.29, 0.717) is 24.3 Å². The SMILES string of the molecule is CC(C)C1CCCCC1NC1CC(=O)N(C2CC2)C1=O. The minimum Gasteiger partial charge on any atom is -0.302 e. The summed E-state index contributed by atoms with van der Waals surface area (Å²) in [5.41, 5.74) is 0. The maximum absolute atomic E-state index is 12.4. The van der Waals surface area contributed by atoms with Crippen molar-refractivity contribution in [2.75, 3.05) is 0 Å². The van der Waals surface area contributed by atoms with Crippen LogP contribution in [0.3, 0.4) is 0 Å². The lowest BCUT2D eigenvalue weighted by Gasteiger charge is -2.36. The average molecular weight is 278 g/mol. The standard InChI is InChI=1S/C16H26N2O2/c1-10(2)12-5-3-4-6-13(12)17-14-9-15(19)18(16(14)20)11-7-8-11/h10-14,17H,3-9H2,1-2H3. The van der Waals surface area contributed by atoms with E-state index in [1.807, 2.05) is 0 Å². The number of nitrogens with zero attached hydrogens (tertiary/aromatic N) is 1. The predicted octanol–water partition coefficient (Wildman–Crippen LogP) is 2.08. The number of hydrogen-bond acceptors (Lipinski definition) is 3. The Labute approximate surface area is 121 Å². The topological polar surface area (TPSA) is 49.4 Å². The van der Waals surface area contributed by atoms with Crippen LogP contribution < -0.4 is 5.32 Å². The van der Waals surface area contributed by atoms with E-state index in [9.17, 15) is 9.59 Å². The molecule has 3 fully saturated rings. The molecule has 3 unspecified atom stereocenters. The Bertz CT molecular complexity index is 403. The lowest BCUT2D eigenvalue weighted by Crippen LogP contribution is -2.49. The van der Waals surface area contributed by atoms with Gasteiger partial charge in [0.25, 0.3) is 0 Å². The number of carbonyl (C=O) groups is 2. The molecule has 112 valence electrons. The van der Waals surface area contributed by atoms with Crippen molar-refractivity contribution in [2.24, 2.45) is 11.8 Å². The van der Waals surface area contributed by atoms with E-state index in [1.54, 1.807) is 0 Å². The number of likely N-dealkylation sites (tertiary alicyclic amines) is 1. The van der Waals surface area contributed by atoms with Gasteiger partial charge in [0.1, 0.15) is 0 Å². The average Bonchev–Trinajstić information content (AvgIpc) is 3.19. The van der Waals surface area contributed by atoms with Crippen molar-refractivity contribution < 1.29 is 9.59 Å². The first-order chi connectivity index (χ1) is 9.58. The molecule has 0 aromatic rings. The third-order valence-corrected chi connectivity index (χ3v) is 5.19. The minimum absolute atomic E-state index is 0.0329. The highest BCUT2D eigenvalue weighted by molar-refractivity contribution is 6.06. The summed E-state index contributed by atoms with van der Waals surface area (Å²) in [6.45, 7) is 4.53. The molecule has 3 atom stereocenters. The van der Waals surface area contributed by atoms with Gasteiger partial charge in [-0.15, -0.1) is 0 Å². The van der Waals surface area contributed by atoms with E-state index in [-0.39, 0.29) is 23.9 Å². The molecular formula is C16H26N2O2. The number of hydrogen-bond donors (Lipinski definition) is 1. The molecule has 4 nitrogen and oxygen atoms in total. The summed E-state index contributed by atoms with van der Waals surface area (Å²) in [5, 5.41) is 3.53. The second-order valence-electron chi connectivity index (χ2n) is 7.06. The van der Waals surface area contributed by atoms with Gasteiger partial charge in [0.15, 0.2) is 0 Å². The lowest BCUT2D eigenvalue weighted by atomic mass is 9.77. The summed E-state index contributed by atoms with van der Waals surface area (Å²) in [6, 6.07) is 0.367. The van der Waals surface area contributed by atoms with Crippen LogP contribution in [0, 0.1) is 11.8 Å². The maximum Gasteiger partial charge on any atom is 0.247 e. The van der Waals surface area contributed by atoms with Crippen molar-refractivity contribution in [3.8, 4) is 0 Å². The third kappa shape index (κ3) is 2.62. The fourth-order valence-electron chi connectivity index (χ4n) is 3.92. The fraction of sp³-hybridized carbons (Fsp3) is 0.875. The summed E-state index contributed by atoms with van der Waals surface area (Å²) in [4.78, 5) is 25.9. The molecule has 0 aromatic carbocycles. The minimum atomic E-state index is -0.257. The van der Waals surface area contributed by atoms with E-state index >= 15 is 0 Å². The zero-order valence-corrected chi connectivity index (χ0v) is 12.6. The predicted molar refractivity (Wildman–Crippen MR) is 77.0 cm³/mol. The maximum atomic E-state index is 12.4. The van der Waals surface area contributed by atoms with Crippen LogP contribution in [-0.2, 0) is 9.59 Å². The molecule has 4 heteroatoms. The first-order valence-electron chi connectivity index (χ1n) is 8.20. The molecule has 2 aliphatic carbocycles. The fourth-order valence-corrected chi connectivity index (χ4v) is 3.92. The summed E-state index contributed by atoms with van der Waals surface area (Å²) in [7, 11) is 0. The second kappa shape index (κ2) is 5.47. The normalized spacial score (nSPS) is 35.1. The Hall–Kier alpha value is -0.900. The molecule has 3 aliphatic rings. The van der Waals surface area contributed by atoms with Crippen LogP contribution in [0.15, 0.2) is 0 Å². The molecule has 2 amide bonds. The molecule has 1 heterocycles. The smallest absolute Gasteiger partial charge is 0.247 e. The van der Waals surface area contributed by atoms with E-state index < -0.39 is 0 Å². The highest BCUT2D eigenvalue weighted by atomic mass is 16.2. The molecule has 2 saturated carbocycles. The van der Waals surface area contributed by atoms with Crippen molar-refractivity contribution in [3.63, 3.8) is 0 Å². The van der Waals surface area contributed by atoms with Gasteiger partial charge in [-0.05, 0) is 37.5 Å². The van der Waals surface area contributed by atoms with Crippen LogP contribution in [0.5, 0.6) is 0 Å². The molecular weight excluding hydrogens is 252 g/mol. The zero-order valence-electron chi connectivity index (χ0n) is 12.6. The second-order valence-corrected chi connectivity index (χ2v) is 7.06. The summed E-state index contributed by atoms with van der Waals surface area (Å²) < 4.78 is 0. The van der Waals surface area contributed by atoms with Crippen LogP contribution in [0.2, 0.25) is 0 Å². The Morgan fingerprint density at radius 2 is 1.80 bits per heavy atom. The Balaban J connectivity index is 1.64. The van der Waals surface area contributed by atoms with Gasteiger partial charge >= 0.3 is 0 Å². The molecule has 0 radical (unpaired) electrons. The van der Waals surface area contributed by atoms with Gasteiger partial charge in [0, 0.05) is 12.1 Å². The van der Waals surface area contributed by atoms with Gasteiger partial charge in [-0.1, -0.05) is 26.7 Å². The summed E-state index contributed by atoms with van der Waals surface area (Å²) >= 11 is 0. The van der Waals surface area contributed by atoms with Gasteiger partial charge in [0.05, 0.1) is 12.5 Å². The zero-order chi connectivity index (χ0) is 14.3. The molecule has 1 aliphatic heterocycles. The van der Waals surface area contributed by atoms with Gasteiger partial charge in [0.2, 0.25) is 11.8 Å². The molecule has 0 spiro atoms. The Morgan fingerprint density at radius 3 is 2.45 bits per heavy atom. The van der Waals surface area contributed by atoms with Crippen molar-refractivity contribution >= 4 is 11.8 Å². The number of imide groups is 1. The Kier molecular flexibility index (Phi) is 3.85. The molecule has 0 aromatic heterocycles. The molecule has 20 heavy (non-hydrogen) atoms. The van der Waals surface area contributed by atoms with Crippen LogP contribution in [-0.4, -0.2) is 34.8 Å². The Morgan fingerprint density at radius 1 is 1.10 bits per heavy atom. The highest BCUT2D eigenvalue weighted by Gasteiger charge is 2.47. The largest absolute Gasteiger partial charge is 0.302 e. The number of carbonyl (C=O) groups excluding carboxylic acids is 2. The molecule has 1 saturated heterocycles. The molecule has 3 rings (SSSR count). The summed E-state index contributed by atoms with van der Waals surface area (Å²) in [6.07, 6.45) is 7.30. The van der Waals surface area contributed by atoms with Crippen molar-refractivity contribution in [3.05, 3.63) is 0 Å². The van der Waals surface area contributed by atoms with Crippen LogP contribution in [0.25, 0.3) is 0 Å². The number of amides is 2. The summed E-state index contributed by atoms with van der Waals surface area (Å²) in [5.74, 6) is 1.35. The van der Waals surface area contributed by atoms with Gasteiger partial charge in [-0.3, -0.25) is 14.5 Å². The van der Waals surface area contributed by atoms with Gasteiger partial charge in [-0.25, -0.2) is 0 Å². The first kappa shape index (κ1) is 14.1. The highest BCUT2D eigenvalue weighted by Crippen LogP contribution is 2.34. The molecule has 1 N–H and O–H groups in total. The van der Waals surface area contributed by atoms with Gasteiger partial charge < -0.3 is 5.32 Å². The van der Waals surface area contributed by atoms with Crippen LogP contribution in [0.4, 0.5) is 0 Å². The van der Waals surface area contributed by atoms with E-state index in [1.165, 1.54) is 24.2 Å². The monoisotopic (exact) mass is 278 g/mol. The van der Waals surface area contributed by atoms with Crippen molar-refractivity contribution in [1.82, 2.24) is 10.2 Å². The first-order valence-corrected chi connectivity index (χ1v) is 8.20. The third-order valence-electron chi connectivity index (χ3n) is 5.19. The number of nitrogens with one attached hydrogen (secondary N) is 1. The van der Waals surface area contributed by atoms with E-state index in [2.05, 4.69) is 19.2 Å². The van der Waals surface area contributed by atoms with Gasteiger partial charge in [-0.2, -0.15) is 0 Å². The van der Waals surface area contributed by atoms with E-state index in [4.69, 9.17) is 0 Å². The quantitative estimate of drug-likeness (QED) is 0.801. The van der Waals surface area contributed by atoms with E-state index in [0.717, 1.165) is 19.3 Å². The number of rotatable bonds is 4.